The smallest absolute Gasteiger partial charge is 0.152 e. The van der Waals surface area contributed by atoms with E-state index in [1.165, 1.54) is 60.1 Å². The highest BCUT2D eigenvalue weighted by Crippen LogP contribution is 2.42. The van der Waals surface area contributed by atoms with Crippen LogP contribution in [0.2, 0.25) is 0 Å². The van der Waals surface area contributed by atoms with Gasteiger partial charge >= 0.3 is 0 Å². The molecule has 1 saturated heterocycles. The van der Waals surface area contributed by atoms with Crippen molar-refractivity contribution in [2.45, 2.75) is 50.2 Å². The van der Waals surface area contributed by atoms with E-state index in [0.29, 0.717) is 5.25 Å². The normalized spacial score (nSPS) is 22.2. The van der Waals surface area contributed by atoms with E-state index >= 15 is 0 Å². The molecule has 6 heteroatoms. The second-order valence-electron chi connectivity index (χ2n) is 5.82. The summed E-state index contributed by atoms with van der Waals surface area (Å²) in [6.07, 6.45) is 8.68. The van der Waals surface area contributed by atoms with Crippen LogP contribution in [0.3, 0.4) is 0 Å². The van der Waals surface area contributed by atoms with Crippen molar-refractivity contribution in [1.29, 1.82) is 0 Å². The highest BCUT2D eigenvalue weighted by atomic mass is 32.2. The number of nitrogens with zero attached hydrogens (tertiary/aromatic N) is 2. The number of anilines is 1. The van der Waals surface area contributed by atoms with Gasteiger partial charge in [0.2, 0.25) is 0 Å². The second-order valence-corrected chi connectivity index (χ2v) is 8.22. The number of hydrogen-bond acceptors (Lipinski definition) is 6. The number of nitrogen functional groups attached to an aromatic ring is 1. The third-order valence-electron chi connectivity index (χ3n) is 4.44. The van der Waals surface area contributed by atoms with Crippen LogP contribution in [0, 0.1) is 0 Å². The fraction of sp³-hybridized carbons (Fsp3) is 0.600. The first kappa shape index (κ1) is 13.8. The Bertz CT molecular complexity index is 661. The van der Waals surface area contributed by atoms with Gasteiger partial charge in [0.15, 0.2) is 5.82 Å². The average molecular weight is 320 g/mol. The van der Waals surface area contributed by atoms with Crippen molar-refractivity contribution in [3.8, 4) is 0 Å². The Hall–Kier alpha value is -0.850. The molecule has 1 atom stereocenters. The maximum atomic E-state index is 5.76. The summed E-state index contributed by atoms with van der Waals surface area (Å²) in [5.74, 6) is 8.79. The summed E-state index contributed by atoms with van der Waals surface area (Å²) in [6.45, 7) is 0. The Kier molecular flexibility index (Phi) is 3.77. The lowest BCUT2D eigenvalue weighted by atomic mass is 9.97. The van der Waals surface area contributed by atoms with Crippen molar-refractivity contribution < 1.29 is 0 Å². The molecule has 2 aliphatic rings. The van der Waals surface area contributed by atoms with Gasteiger partial charge in [0, 0.05) is 4.88 Å². The number of rotatable bonds is 2. The van der Waals surface area contributed by atoms with Crippen LogP contribution in [0.5, 0.6) is 0 Å². The number of hydrazine groups is 1. The maximum absolute atomic E-state index is 5.76. The van der Waals surface area contributed by atoms with Crippen LogP contribution in [0.1, 0.15) is 53.6 Å². The monoisotopic (exact) mass is 320 g/mol. The van der Waals surface area contributed by atoms with Gasteiger partial charge in [0.05, 0.1) is 10.6 Å². The molecule has 0 spiro atoms. The first-order chi connectivity index (χ1) is 10.4. The molecule has 112 valence electrons. The van der Waals surface area contributed by atoms with Gasteiger partial charge in [-0.05, 0) is 49.8 Å². The zero-order valence-corrected chi connectivity index (χ0v) is 13.7. The third kappa shape index (κ3) is 2.43. The standard InChI is InChI=1S/C15H20N4S2/c16-19-14-12-9-5-1-2-6-10(9)21-15(12)18-13(17-14)11-7-3-4-8-20-11/h11H,1-8,16H2,(H,17,18,19). The Morgan fingerprint density at radius 1 is 1.10 bits per heavy atom. The number of nitrogens with two attached hydrogens (primary N) is 1. The summed E-state index contributed by atoms with van der Waals surface area (Å²) < 4.78 is 0. The van der Waals surface area contributed by atoms with E-state index in [-0.39, 0.29) is 0 Å². The van der Waals surface area contributed by atoms with E-state index < -0.39 is 0 Å². The summed E-state index contributed by atoms with van der Waals surface area (Å²) >= 11 is 3.84. The molecule has 2 aromatic heterocycles. The highest BCUT2D eigenvalue weighted by molar-refractivity contribution is 7.99. The minimum atomic E-state index is 0.439. The van der Waals surface area contributed by atoms with Crippen molar-refractivity contribution in [2.75, 3.05) is 11.2 Å². The van der Waals surface area contributed by atoms with Crippen molar-refractivity contribution in [2.24, 2.45) is 5.84 Å². The van der Waals surface area contributed by atoms with Crippen LogP contribution in [0.15, 0.2) is 0 Å². The predicted molar refractivity (Wildman–Crippen MR) is 90.9 cm³/mol. The largest absolute Gasteiger partial charge is 0.308 e. The van der Waals surface area contributed by atoms with Gasteiger partial charge in [-0.2, -0.15) is 11.8 Å². The summed E-state index contributed by atoms with van der Waals surface area (Å²) in [4.78, 5) is 12.3. The molecule has 1 aliphatic carbocycles. The van der Waals surface area contributed by atoms with Crippen molar-refractivity contribution in [3.05, 3.63) is 16.3 Å². The quantitative estimate of drug-likeness (QED) is 0.650. The predicted octanol–water partition coefficient (Wildman–Crippen LogP) is 3.81. The van der Waals surface area contributed by atoms with E-state index in [1.54, 1.807) is 0 Å². The molecule has 0 amide bonds. The van der Waals surface area contributed by atoms with E-state index in [4.69, 9.17) is 15.8 Å². The lowest BCUT2D eigenvalue weighted by Crippen LogP contribution is -2.13. The zero-order chi connectivity index (χ0) is 14.2. The molecule has 1 fully saturated rings. The summed E-state index contributed by atoms with van der Waals surface area (Å²) in [7, 11) is 0. The van der Waals surface area contributed by atoms with E-state index in [0.717, 1.165) is 22.9 Å². The molecular formula is C15H20N4S2. The number of aromatic nitrogens is 2. The molecule has 0 aromatic carbocycles. The van der Waals surface area contributed by atoms with Crippen molar-refractivity contribution in [3.63, 3.8) is 0 Å². The van der Waals surface area contributed by atoms with Crippen LogP contribution >= 0.6 is 23.1 Å². The molecule has 1 aliphatic heterocycles. The lowest BCUT2D eigenvalue weighted by Gasteiger charge is -2.20. The van der Waals surface area contributed by atoms with Crippen LogP contribution in [-0.2, 0) is 12.8 Å². The molecule has 4 nitrogen and oxygen atoms in total. The molecule has 3 N–H and O–H groups in total. The number of nitrogens with one attached hydrogen (secondary N) is 1. The summed E-state index contributed by atoms with van der Waals surface area (Å²) in [5.41, 5.74) is 4.27. The van der Waals surface area contributed by atoms with Crippen LogP contribution in [0.4, 0.5) is 5.82 Å². The Morgan fingerprint density at radius 3 is 2.81 bits per heavy atom. The number of hydrogen-bond donors (Lipinski definition) is 2. The fourth-order valence-electron chi connectivity index (χ4n) is 3.37. The lowest BCUT2D eigenvalue weighted by molar-refractivity contribution is 0.665. The molecule has 1 unspecified atom stereocenters. The number of aryl methyl sites for hydroxylation is 2. The summed E-state index contributed by atoms with van der Waals surface area (Å²) in [5, 5.41) is 1.62. The Balaban J connectivity index is 1.83. The van der Waals surface area contributed by atoms with Crippen molar-refractivity contribution in [1.82, 2.24) is 9.97 Å². The van der Waals surface area contributed by atoms with Gasteiger partial charge in [-0.1, -0.05) is 6.42 Å². The molecule has 0 bridgehead atoms. The van der Waals surface area contributed by atoms with E-state index in [9.17, 15) is 0 Å². The zero-order valence-electron chi connectivity index (χ0n) is 12.0. The molecule has 3 heterocycles. The van der Waals surface area contributed by atoms with E-state index in [1.807, 2.05) is 23.1 Å². The van der Waals surface area contributed by atoms with Gasteiger partial charge in [-0.3, -0.25) is 0 Å². The maximum Gasteiger partial charge on any atom is 0.152 e. The topological polar surface area (TPSA) is 63.8 Å². The van der Waals surface area contributed by atoms with Gasteiger partial charge in [-0.15, -0.1) is 11.3 Å². The van der Waals surface area contributed by atoms with Gasteiger partial charge < -0.3 is 5.43 Å². The van der Waals surface area contributed by atoms with Crippen LogP contribution in [0.25, 0.3) is 10.2 Å². The Morgan fingerprint density at radius 2 is 2.00 bits per heavy atom. The first-order valence-corrected chi connectivity index (χ1v) is 9.64. The molecule has 21 heavy (non-hydrogen) atoms. The minimum absolute atomic E-state index is 0.439. The van der Waals surface area contributed by atoms with Gasteiger partial charge in [0.1, 0.15) is 10.7 Å². The number of thiophene rings is 1. The first-order valence-electron chi connectivity index (χ1n) is 7.77. The number of fused-ring (bicyclic) bond motifs is 3. The van der Waals surface area contributed by atoms with E-state index in [2.05, 4.69) is 5.43 Å². The second kappa shape index (κ2) is 5.74. The highest BCUT2D eigenvalue weighted by Gasteiger charge is 2.24. The Labute approximate surface area is 132 Å². The molecular weight excluding hydrogens is 300 g/mol. The van der Waals surface area contributed by atoms with Crippen LogP contribution in [-0.4, -0.2) is 15.7 Å². The molecule has 4 rings (SSSR count). The third-order valence-corrected chi connectivity index (χ3v) is 7.00. The number of thioether (sulfide) groups is 1. The van der Waals surface area contributed by atoms with Crippen molar-refractivity contribution >= 4 is 39.1 Å². The van der Waals surface area contributed by atoms with Gasteiger partial charge in [-0.25, -0.2) is 15.8 Å². The SMILES string of the molecule is NNc1nc(C2CCCCS2)nc2sc3c(c12)CCCC3. The molecule has 0 saturated carbocycles. The van der Waals surface area contributed by atoms with Gasteiger partial charge in [0.25, 0.3) is 0 Å². The summed E-state index contributed by atoms with van der Waals surface area (Å²) in [6, 6.07) is 0. The fourth-order valence-corrected chi connectivity index (χ4v) is 5.88. The minimum Gasteiger partial charge on any atom is -0.308 e. The molecule has 2 aromatic rings. The van der Waals surface area contributed by atoms with Crippen LogP contribution < -0.4 is 11.3 Å². The average Bonchev–Trinajstić information content (AvgIpc) is 2.93. The molecule has 0 radical (unpaired) electrons.